The molecular weight excluding hydrogens is 318 g/mol. The molecule has 23 heavy (non-hydrogen) atoms. The average Bonchev–Trinajstić information content (AvgIpc) is 2.51. The lowest BCUT2D eigenvalue weighted by molar-refractivity contribution is 0.430. The Hall–Kier alpha value is -2.34. The summed E-state index contributed by atoms with van der Waals surface area (Å²) in [4.78, 5) is 30.3. The lowest BCUT2D eigenvalue weighted by Crippen LogP contribution is -2.31. The van der Waals surface area contributed by atoms with Gasteiger partial charge in [-0.25, -0.2) is 9.36 Å². The highest BCUT2D eigenvalue weighted by atomic mass is 35.5. The van der Waals surface area contributed by atoms with Gasteiger partial charge in [-0.1, -0.05) is 31.9 Å². The van der Waals surface area contributed by atoms with E-state index in [9.17, 15) is 14.7 Å². The minimum absolute atomic E-state index is 0.0529. The minimum atomic E-state index is -0.728. The first-order valence-corrected chi connectivity index (χ1v) is 7.66. The topological polar surface area (TPSA) is 87.4 Å². The predicted octanol–water partition coefficient (Wildman–Crippen LogP) is 2.35. The van der Waals surface area contributed by atoms with Crippen molar-refractivity contribution in [3.63, 3.8) is 0 Å². The molecule has 0 spiro atoms. The number of hydrogen-bond acceptors (Lipinski definition) is 4. The Morgan fingerprint density at radius 3 is 2.61 bits per heavy atom. The summed E-state index contributed by atoms with van der Waals surface area (Å²) in [5.41, 5.74) is -1.06. The van der Waals surface area contributed by atoms with Crippen LogP contribution in [0.25, 0.3) is 5.69 Å². The van der Waals surface area contributed by atoms with Crippen LogP contribution >= 0.6 is 11.6 Å². The number of aliphatic imine (C=N–C) groups is 1. The fraction of sp³-hybridized carbons (Fsp3) is 0.312. The number of nitrogens with one attached hydrogen (secondary N) is 1. The fourth-order valence-electron chi connectivity index (χ4n) is 1.94. The zero-order chi connectivity index (χ0) is 17.0. The van der Waals surface area contributed by atoms with Crippen molar-refractivity contribution in [3.8, 4) is 11.6 Å². The van der Waals surface area contributed by atoms with Crippen molar-refractivity contribution in [2.75, 3.05) is 6.54 Å². The molecule has 0 aliphatic carbocycles. The molecule has 0 unspecified atom stereocenters. The van der Waals surface area contributed by atoms with Crippen molar-refractivity contribution in [1.82, 2.24) is 9.55 Å². The molecule has 2 rings (SSSR count). The summed E-state index contributed by atoms with van der Waals surface area (Å²) in [5, 5.41) is 10.8. The number of hydrogen-bond donors (Lipinski definition) is 2. The van der Waals surface area contributed by atoms with E-state index >= 15 is 0 Å². The third-order valence-corrected chi connectivity index (χ3v) is 3.79. The maximum atomic E-state index is 12.0. The highest BCUT2D eigenvalue weighted by molar-refractivity contribution is 6.30. The van der Waals surface area contributed by atoms with Crippen LogP contribution in [-0.4, -0.2) is 27.4 Å². The number of rotatable bonds is 5. The van der Waals surface area contributed by atoms with Gasteiger partial charge >= 0.3 is 5.69 Å². The normalized spacial score (nSPS) is 12.7. The Labute approximate surface area is 138 Å². The standard InChI is InChI=1S/C16H18ClN3O3/c1-3-10(2)8-18-9-13-14(21)19-16(23)20(15(13)22)12-6-4-11(17)5-7-12/h4-7,9-10,22H,3,8H2,1-2H3,(H,19,21,23)/t10-/m1/s1. The number of aromatic amines is 1. The van der Waals surface area contributed by atoms with Gasteiger partial charge in [0.05, 0.1) is 5.69 Å². The SMILES string of the molecule is CC[C@@H](C)CN=Cc1c(O)n(-c2ccc(Cl)cc2)c(=O)[nH]c1=O. The molecule has 2 aromatic rings. The molecule has 0 aliphatic rings. The summed E-state index contributed by atoms with van der Waals surface area (Å²) in [6, 6.07) is 6.32. The molecule has 1 aromatic carbocycles. The number of benzene rings is 1. The van der Waals surface area contributed by atoms with Gasteiger partial charge in [0.15, 0.2) is 0 Å². The van der Waals surface area contributed by atoms with Crippen LogP contribution in [0.15, 0.2) is 38.8 Å². The maximum absolute atomic E-state index is 12.0. The van der Waals surface area contributed by atoms with Crippen LogP contribution in [0, 0.1) is 5.92 Å². The monoisotopic (exact) mass is 335 g/mol. The van der Waals surface area contributed by atoms with E-state index in [-0.39, 0.29) is 5.56 Å². The van der Waals surface area contributed by atoms with E-state index in [1.807, 2.05) is 13.8 Å². The summed E-state index contributed by atoms with van der Waals surface area (Å²) in [5.74, 6) is -0.0800. The Bertz CT molecular complexity index is 822. The van der Waals surface area contributed by atoms with Crippen molar-refractivity contribution in [3.05, 3.63) is 55.7 Å². The van der Waals surface area contributed by atoms with Crippen LogP contribution in [0.4, 0.5) is 0 Å². The summed E-state index contributed by atoms with van der Waals surface area (Å²) in [6.45, 7) is 4.62. The second-order valence-corrected chi connectivity index (χ2v) is 5.75. The summed E-state index contributed by atoms with van der Waals surface area (Å²) in [7, 11) is 0. The zero-order valence-electron chi connectivity index (χ0n) is 12.9. The smallest absolute Gasteiger partial charge is 0.335 e. The molecule has 1 heterocycles. The first-order valence-electron chi connectivity index (χ1n) is 7.28. The Morgan fingerprint density at radius 2 is 2.00 bits per heavy atom. The predicted molar refractivity (Wildman–Crippen MR) is 91.3 cm³/mol. The van der Waals surface area contributed by atoms with Gasteiger partial charge in [0, 0.05) is 17.8 Å². The van der Waals surface area contributed by atoms with Crippen LogP contribution in [0.1, 0.15) is 25.8 Å². The van der Waals surface area contributed by atoms with E-state index < -0.39 is 17.1 Å². The van der Waals surface area contributed by atoms with Crippen molar-refractivity contribution < 1.29 is 5.11 Å². The van der Waals surface area contributed by atoms with Crippen molar-refractivity contribution in [2.45, 2.75) is 20.3 Å². The molecule has 0 saturated carbocycles. The van der Waals surface area contributed by atoms with Crippen molar-refractivity contribution >= 4 is 17.8 Å². The molecule has 1 atom stereocenters. The number of aromatic hydroxyl groups is 1. The lowest BCUT2D eigenvalue weighted by atomic mass is 10.1. The van der Waals surface area contributed by atoms with E-state index in [0.717, 1.165) is 11.0 Å². The lowest BCUT2D eigenvalue weighted by Gasteiger charge is -2.09. The molecule has 0 amide bonds. The molecule has 7 heteroatoms. The second kappa shape index (κ2) is 7.28. The van der Waals surface area contributed by atoms with E-state index in [1.54, 1.807) is 24.3 Å². The molecule has 1 aromatic heterocycles. The summed E-state index contributed by atoms with van der Waals surface area (Å²) >= 11 is 5.82. The minimum Gasteiger partial charge on any atom is -0.493 e. The van der Waals surface area contributed by atoms with Gasteiger partial charge in [0.2, 0.25) is 5.88 Å². The highest BCUT2D eigenvalue weighted by Crippen LogP contribution is 2.17. The van der Waals surface area contributed by atoms with Crippen molar-refractivity contribution in [1.29, 1.82) is 0 Å². The molecule has 0 saturated heterocycles. The largest absolute Gasteiger partial charge is 0.493 e. The van der Waals surface area contributed by atoms with Gasteiger partial charge in [-0.05, 0) is 30.2 Å². The van der Waals surface area contributed by atoms with Crippen LogP contribution in [-0.2, 0) is 0 Å². The summed E-state index contributed by atoms with van der Waals surface area (Å²) in [6.07, 6.45) is 2.26. The second-order valence-electron chi connectivity index (χ2n) is 5.32. The zero-order valence-corrected chi connectivity index (χ0v) is 13.7. The third-order valence-electron chi connectivity index (χ3n) is 3.54. The molecule has 0 radical (unpaired) electrons. The van der Waals surface area contributed by atoms with Crippen LogP contribution in [0.5, 0.6) is 5.88 Å². The third kappa shape index (κ3) is 3.90. The van der Waals surface area contributed by atoms with Gasteiger partial charge < -0.3 is 5.11 Å². The van der Waals surface area contributed by atoms with E-state index in [1.165, 1.54) is 6.21 Å². The molecule has 122 valence electrons. The quantitative estimate of drug-likeness (QED) is 0.822. The van der Waals surface area contributed by atoms with Gasteiger partial charge in [0.1, 0.15) is 5.56 Å². The number of aromatic nitrogens is 2. The van der Waals surface area contributed by atoms with Gasteiger partial charge in [-0.2, -0.15) is 0 Å². The highest BCUT2D eigenvalue weighted by Gasteiger charge is 2.14. The molecule has 0 bridgehead atoms. The van der Waals surface area contributed by atoms with Gasteiger partial charge in [-0.15, -0.1) is 0 Å². The summed E-state index contributed by atoms with van der Waals surface area (Å²) < 4.78 is 1.00. The first-order chi connectivity index (χ1) is 10.9. The first kappa shape index (κ1) is 17.0. The number of nitrogens with zero attached hydrogens (tertiary/aromatic N) is 2. The number of halogens is 1. The maximum Gasteiger partial charge on any atom is 0.335 e. The average molecular weight is 336 g/mol. The Morgan fingerprint density at radius 1 is 1.35 bits per heavy atom. The molecule has 0 aliphatic heterocycles. The van der Waals surface area contributed by atoms with Gasteiger partial charge in [-0.3, -0.25) is 14.8 Å². The van der Waals surface area contributed by atoms with Crippen LogP contribution < -0.4 is 11.2 Å². The van der Waals surface area contributed by atoms with Crippen LogP contribution in [0.3, 0.4) is 0 Å². The fourth-order valence-corrected chi connectivity index (χ4v) is 2.06. The van der Waals surface area contributed by atoms with E-state index in [2.05, 4.69) is 9.98 Å². The number of H-pyrrole nitrogens is 1. The molecule has 0 fully saturated rings. The molecule has 6 nitrogen and oxygen atoms in total. The van der Waals surface area contributed by atoms with E-state index in [0.29, 0.717) is 23.2 Å². The van der Waals surface area contributed by atoms with Crippen LogP contribution in [0.2, 0.25) is 5.02 Å². The van der Waals surface area contributed by atoms with E-state index in [4.69, 9.17) is 11.6 Å². The molecule has 2 N–H and O–H groups in total. The van der Waals surface area contributed by atoms with Gasteiger partial charge in [0.25, 0.3) is 5.56 Å². The Balaban J connectivity index is 2.49. The Kier molecular flexibility index (Phi) is 5.39. The molecular formula is C16H18ClN3O3. The van der Waals surface area contributed by atoms with Crippen molar-refractivity contribution in [2.24, 2.45) is 10.9 Å².